The van der Waals surface area contributed by atoms with Gasteiger partial charge in [-0.05, 0) is 79.5 Å². The van der Waals surface area contributed by atoms with Crippen molar-refractivity contribution in [2.75, 3.05) is 9.80 Å². The predicted molar refractivity (Wildman–Crippen MR) is 259 cm³/mol. The van der Waals surface area contributed by atoms with Crippen molar-refractivity contribution in [1.29, 1.82) is 0 Å². The molecule has 5 aliphatic rings. The van der Waals surface area contributed by atoms with Crippen LogP contribution in [0.5, 0.6) is 0 Å². The van der Waals surface area contributed by atoms with Crippen molar-refractivity contribution >= 4 is 148 Å². The molecular formula is C54H31B2N3OSi. The van der Waals surface area contributed by atoms with E-state index in [2.05, 4.69) is 196 Å². The summed E-state index contributed by atoms with van der Waals surface area (Å²) in [5.74, 6) is 0. The van der Waals surface area contributed by atoms with Crippen LogP contribution in [0.15, 0.2) is 186 Å². The summed E-state index contributed by atoms with van der Waals surface area (Å²) in [6.07, 6.45) is 0. The standard InChI is InChI=1S/C54H31B2N3OSi/c1-3-15-31(16-4-1)57-40-24-9-8-21-36(40)55-37-22-13-20-34-47-52-39(29-35-33-19-7-11-26-44(33)60-54(35)47)56-38-23-14-28-46-51(38)58(43-30-42(57)48(55)53(49(43)56)59(52)50(34)37)41-25-10-12-27-45(41)61(46)32-17-5-2-6-18-32/h1-30,61H. The lowest BCUT2D eigenvalue weighted by Gasteiger charge is -2.49. The fourth-order valence-electron chi connectivity index (χ4n) is 12.7. The Morgan fingerprint density at radius 1 is 0.426 bits per heavy atom. The Kier molecular flexibility index (Phi) is 5.58. The molecule has 0 aliphatic carbocycles. The number of aromatic nitrogens is 1. The zero-order valence-electron chi connectivity index (χ0n) is 32.8. The van der Waals surface area contributed by atoms with Crippen LogP contribution < -0.4 is 58.1 Å². The molecule has 1 atom stereocenters. The van der Waals surface area contributed by atoms with Crippen molar-refractivity contribution in [2.45, 2.75) is 0 Å². The molecule has 16 rings (SSSR count). The van der Waals surface area contributed by atoms with Crippen LogP contribution in [0, 0.1) is 0 Å². The molecule has 0 amide bonds. The van der Waals surface area contributed by atoms with Crippen molar-refractivity contribution < 1.29 is 4.42 Å². The van der Waals surface area contributed by atoms with Gasteiger partial charge in [0.25, 0.3) is 13.4 Å². The highest BCUT2D eigenvalue weighted by Crippen LogP contribution is 2.49. The summed E-state index contributed by atoms with van der Waals surface area (Å²) in [5, 5.41) is 9.27. The van der Waals surface area contributed by atoms with Crippen molar-refractivity contribution in [3.8, 4) is 5.69 Å². The van der Waals surface area contributed by atoms with Crippen LogP contribution in [-0.4, -0.2) is 26.8 Å². The predicted octanol–water partition coefficient (Wildman–Crippen LogP) is 6.47. The number of para-hydroxylation sites is 6. The summed E-state index contributed by atoms with van der Waals surface area (Å²) >= 11 is 0. The van der Waals surface area contributed by atoms with E-state index in [1.165, 1.54) is 121 Å². The minimum absolute atomic E-state index is 0.0131. The van der Waals surface area contributed by atoms with E-state index in [1.807, 2.05) is 0 Å². The number of nitrogens with zero attached hydrogens (tertiary/aromatic N) is 3. The zero-order valence-corrected chi connectivity index (χ0v) is 34.0. The molecule has 0 spiro atoms. The van der Waals surface area contributed by atoms with Crippen molar-refractivity contribution in [3.63, 3.8) is 0 Å². The van der Waals surface area contributed by atoms with Crippen molar-refractivity contribution in [3.05, 3.63) is 182 Å². The molecule has 5 aliphatic heterocycles. The molecule has 11 aromatic rings. The lowest BCUT2D eigenvalue weighted by atomic mass is 9.29. The van der Waals surface area contributed by atoms with Crippen LogP contribution in [0.2, 0.25) is 0 Å². The van der Waals surface area contributed by atoms with Gasteiger partial charge in [0.2, 0.25) is 0 Å². The molecule has 0 radical (unpaired) electrons. The second-order valence-electron chi connectivity index (χ2n) is 17.5. The average molecular weight is 788 g/mol. The molecule has 1 unspecified atom stereocenters. The number of hydrogen-bond donors (Lipinski definition) is 0. The fourth-order valence-corrected chi connectivity index (χ4v) is 16.0. The maximum Gasteiger partial charge on any atom is 0.252 e. The Hall–Kier alpha value is -7.47. The number of fused-ring (bicyclic) bond motifs is 13. The molecular weight excluding hydrogens is 756 g/mol. The third kappa shape index (κ3) is 3.58. The quantitative estimate of drug-likeness (QED) is 0.188. The van der Waals surface area contributed by atoms with Gasteiger partial charge in [0.1, 0.15) is 20.0 Å². The Morgan fingerprint density at radius 2 is 1.08 bits per heavy atom. The first-order valence-electron chi connectivity index (χ1n) is 21.5. The van der Waals surface area contributed by atoms with Crippen LogP contribution in [0.25, 0.3) is 49.4 Å². The third-order valence-corrected chi connectivity index (χ3v) is 18.0. The van der Waals surface area contributed by atoms with Gasteiger partial charge in [-0.1, -0.05) is 151 Å². The monoisotopic (exact) mass is 787 g/mol. The molecule has 61 heavy (non-hydrogen) atoms. The van der Waals surface area contributed by atoms with Gasteiger partial charge >= 0.3 is 0 Å². The van der Waals surface area contributed by atoms with E-state index in [4.69, 9.17) is 4.42 Å². The number of anilines is 6. The SMILES string of the molecule is c1ccc(N2c3ccccc3B3c4c2cc2c5c4-n4c6c3cccc6c3c6oc7ccccc7c6cc(c34)B5c3cccc4c3N2c2ccccc2[SiH]4c2ccccc2)cc1. The van der Waals surface area contributed by atoms with Gasteiger partial charge in [0, 0.05) is 61.5 Å². The molecule has 0 saturated carbocycles. The van der Waals surface area contributed by atoms with E-state index in [9.17, 15) is 0 Å². The zero-order chi connectivity index (χ0) is 39.2. The van der Waals surface area contributed by atoms with Gasteiger partial charge in [-0.25, -0.2) is 0 Å². The summed E-state index contributed by atoms with van der Waals surface area (Å²) in [6.45, 7) is 0.0655. The largest absolute Gasteiger partial charge is 0.455 e. The summed E-state index contributed by atoms with van der Waals surface area (Å²) in [5.41, 5.74) is 21.7. The number of furan rings is 1. The molecule has 2 aromatic heterocycles. The second kappa shape index (κ2) is 10.8. The molecule has 0 N–H and O–H groups in total. The average Bonchev–Trinajstić information content (AvgIpc) is 3.87. The van der Waals surface area contributed by atoms with Gasteiger partial charge < -0.3 is 18.8 Å². The molecule has 9 aromatic carbocycles. The van der Waals surface area contributed by atoms with E-state index in [0.717, 1.165) is 11.2 Å². The normalized spacial score (nSPS) is 15.6. The Bertz CT molecular complexity index is 3820. The lowest BCUT2D eigenvalue weighted by molar-refractivity contribution is 0.673. The Labute approximate surface area is 353 Å². The highest BCUT2D eigenvalue weighted by Gasteiger charge is 2.52. The van der Waals surface area contributed by atoms with Crippen LogP contribution >= 0.6 is 0 Å². The first-order chi connectivity index (χ1) is 30.3. The molecule has 0 bridgehead atoms. The number of rotatable bonds is 2. The lowest BCUT2D eigenvalue weighted by Crippen LogP contribution is -2.69. The van der Waals surface area contributed by atoms with E-state index in [0.29, 0.717) is 0 Å². The smallest absolute Gasteiger partial charge is 0.252 e. The van der Waals surface area contributed by atoms with Crippen LogP contribution in [0.4, 0.5) is 34.1 Å². The molecule has 0 fully saturated rings. The third-order valence-electron chi connectivity index (χ3n) is 14.8. The summed E-state index contributed by atoms with van der Waals surface area (Å²) < 4.78 is 9.68. The van der Waals surface area contributed by atoms with E-state index < -0.39 is 8.80 Å². The van der Waals surface area contributed by atoms with Gasteiger partial charge in [0.05, 0.1) is 10.9 Å². The molecule has 7 heterocycles. The van der Waals surface area contributed by atoms with E-state index in [-0.39, 0.29) is 13.4 Å². The topological polar surface area (TPSA) is 24.6 Å². The van der Waals surface area contributed by atoms with E-state index in [1.54, 1.807) is 0 Å². The van der Waals surface area contributed by atoms with Crippen LogP contribution in [0.1, 0.15) is 0 Å². The van der Waals surface area contributed by atoms with Gasteiger partial charge in [-0.2, -0.15) is 0 Å². The molecule has 7 heteroatoms. The highest BCUT2D eigenvalue weighted by molar-refractivity contribution is 7.06. The van der Waals surface area contributed by atoms with E-state index >= 15 is 0 Å². The summed E-state index contributed by atoms with van der Waals surface area (Å²) in [4.78, 5) is 5.23. The Morgan fingerprint density at radius 3 is 1.97 bits per heavy atom. The van der Waals surface area contributed by atoms with Crippen molar-refractivity contribution in [2.24, 2.45) is 0 Å². The minimum Gasteiger partial charge on any atom is -0.455 e. The number of benzene rings is 9. The first-order valence-corrected chi connectivity index (χ1v) is 23.2. The first kappa shape index (κ1) is 31.4. The van der Waals surface area contributed by atoms with Crippen LogP contribution in [0.3, 0.4) is 0 Å². The van der Waals surface area contributed by atoms with Crippen molar-refractivity contribution in [1.82, 2.24) is 4.57 Å². The second-order valence-corrected chi connectivity index (χ2v) is 20.2. The van der Waals surface area contributed by atoms with Gasteiger partial charge in [0.15, 0.2) is 0 Å². The maximum absolute atomic E-state index is 6.99. The molecule has 4 nitrogen and oxygen atoms in total. The molecule has 278 valence electrons. The van der Waals surface area contributed by atoms with Gasteiger partial charge in [-0.3, -0.25) is 0 Å². The number of hydrogen-bond acceptors (Lipinski definition) is 3. The summed E-state index contributed by atoms with van der Waals surface area (Å²) in [6, 6.07) is 68.8. The fraction of sp³-hybridized carbons (Fsp3) is 0. The summed E-state index contributed by atoms with van der Waals surface area (Å²) in [7, 11) is -1.88. The highest BCUT2D eigenvalue weighted by atomic mass is 28.3. The van der Waals surface area contributed by atoms with Gasteiger partial charge in [-0.15, -0.1) is 0 Å². The maximum atomic E-state index is 6.99. The van der Waals surface area contributed by atoms with Crippen LogP contribution in [-0.2, 0) is 0 Å². The minimum atomic E-state index is -1.88. The molecule has 0 saturated heterocycles. The Balaban J connectivity index is 1.15.